The third-order valence-electron chi connectivity index (χ3n) is 3.82. The summed E-state index contributed by atoms with van der Waals surface area (Å²) in [5.41, 5.74) is 1.97. The molecule has 0 atom stereocenters. The minimum Gasteiger partial charge on any atom is -0.494 e. The number of benzene rings is 2. The number of ether oxygens (including phenoxy) is 1. The van der Waals surface area contributed by atoms with E-state index in [1.54, 1.807) is 0 Å². The van der Waals surface area contributed by atoms with Gasteiger partial charge in [-0.2, -0.15) is 0 Å². The zero-order chi connectivity index (χ0) is 17.8. The number of hydrogen-bond acceptors (Lipinski definition) is 5. The van der Waals surface area contributed by atoms with E-state index in [-0.39, 0.29) is 0 Å². The molecule has 0 aliphatic heterocycles. The van der Waals surface area contributed by atoms with Crippen molar-refractivity contribution in [3.8, 4) is 17.2 Å². The minimum atomic E-state index is 0.530. The second-order valence-corrected chi connectivity index (χ2v) is 7.11. The van der Waals surface area contributed by atoms with Crippen molar-refractivity contribution in [2.24, 2.45) is 0 Å². The predicted octanol–water partition coefficient (Wildman–Crippen LogP) is 5.43. The Kier molecular flexibility index (Phi) is 5.13. The van der Waals surface area contributed by atoms with Crippen LogP contribution in [0.1, 0.15) is 6.42 Å². The van der Waals surface area contributed by atoms with Gasteiger partial charge in [0.15, 0.2) is 0 Å². The van der Waals surface area contributed by atoms with Crippen molar-refractivity contribution in [2.45, 2.75) is 11.6 Å². The van der Waals surface area contributed by atoms with E-state index in [1.807, 2.05) is 54.7 Å². The van der Waals surface area contributed by atoms with Gasteiger partial charge in [-0.15, -0.1) is 10.2 Å². The van der Waals surface area contributed by atoms with Crippen molar-refractivity contribution < 1.29 is 9.15 Å². The molecule has 132 valence electrons. The van der Waals surface area contributed by atoms with E-state index in [4.69, 9.17) is 20.8 Å². The van der Waals surface area contributed by atoms with Gasteiger partial charge in [0.2, 0.25) is 0 Å². The van der Waals surface area contributed by atoms with Gasteiger partial charge in [-0.3, -0.25) is 0 Å². The van der Waals surface area contributed by atoms with Crippen LogP contribution in [0.2, 0.25) is 5.02 Å². The van der Waals surface area contributed by atoms with Gasteiger partial charge >= 0.3 is 0 Å². The maximum Gasteiger partial charge on any atom is 0.276 e. The zero-order valence-corrected chi connectivity index (χ0v) is 15.4. The van der Waals surface area contributed by atoms with Crippen molar-refractivity contribution in [1.29, 1.82) is 0 Å². The number of para-hydroxylation sites is 1. The molecular formula is C19H16ClN3O2S. The normalized spacial score (nSPS) is 11.1. The first kappa shape index (κ1) is 17.0. The van der Waals surface area contributed by atoms with Gasteiger partial charge in [0, 0.05) is 27.9 Å². The van der Waals surface area contributed by atoms with Crippen LogP contribution >= 0.6 is 23.4 Å². The number of H-pyrrole nitrogens is 1. The van der Waals surface area contributed by atoms with Crippen molar-refractivity contribution >= 4 is 34.3 Å². The highest BCUT2D eigenvalue weighted by atomic mass is 35.5. The Bertz CT molecular complexity index is 997. The molecule has 4 rings (SSSR count). The Balaban J connectivity index is 1.29. The third-order valence-corrected chi connectivity index (χ3v) is 4.98. The van der Waals surface area contributed by atoms with Gasteiger partial charge in [-0.25, -0.2) is 0 Å². The molecule has 4 aromatic rings. The molecule has 2 aromatic heterocycles. The average molecular weight is 386 g/mol. The molecule has 0 bridgehead atoms. The summed E-state index contributed by atoms with van der Waals surface area (Å²) in [6.07, 6.45) is 2.77. The maximum absolute atomic E-state index is 5.85. The van der Waals surface area contributed by atoms with Gasteiger partial charge in [0.25, 0.3) is 11.1 Å². The number of thioether (sulfide) groups is 1. The number of aromatic amines is 1. The smallest absolute Gasteiger partial charge is 0.276 e. The SMILES string of the molecule is Clc1ccc(OCCCSc2nnc(-c3c[nH]c4ccccc34)o2)cc1. The molecule has 0 amide bonds. The first-order chi connectivity index (χ1) is 12.8. The topological polar surface area (TPSA) is 63.9 Å². The molecule has 0 saturated carbocycles. The summed E-state index contributed by atoms with van der Waals surface area (Å²) in [6.45, 7) is 0.623. The number of halogens is 1. The van der Waals surface area contributed by atoms with Gasteiger partial charge < -0.3 is 14.1 Å². The summed E-state index contributed by atoms with van der Waals surface area (Å²) in [7, 11) is 0. The van der Waals surface area contributed by atoms with E-state index in [2.05, 4.69) is 15.2 Å². The minimum absolute atomic E-state index is 0.530. The van der Waals surface area contributed by atoms with Gasteiger partial charge in [-0.05, 0) is 36.8 Å². The molecule has 2 aromatic carbocycles. The summed E-state index contributed by atoms with van der Waals surface area (Å²) >= 11 is 7.38. The van der Waals surface area contributed by atoms with E-state index >= 15 is 0 Å². The fourth-order valence-corrected chi connectivity index (χ4v) is 3.36. The highest BCUT2D eigenvalue weighted by Crippen LogP contribution is 2.29. The highest BCUT2D eigenvalue weighted by molar-refractivity contribution is 7.99. The Morgan fingerprint density at radius 2 is 1.92 bits per heavy atom. The van der Waals surface area contributed by atoms with Gasteiger partial charge in [-0.1, -0.05) is 41.6 Å². The van der Waals surface area contributed by atoms with Crippen LogP contribution in [0.4, 0.5) is 0 Å². The largest absolute Gasteiger partial charge is 0.494 e. The molecule has 0 fully saturated rings. The van der Waals surface area contributed by atoms with E-state index in [0.29, 0.717) is 22.7 Å². The molecule has 0 saturated heterocycles. The van der Waals surface area contributed by atoms with Gasteiger partial charge in [0.1, 0.15) is 5.75 Å². The monoisotopic (exact) mass is 385 g/mol. The van der Waals surface area contributed by atoms with Crippen molar-refractivity contribution in [2.75, 3.05) is 12.4 Å². The zero-order valence-electron chi connectivity index (χ0n) is 13.8. The summed E-state index contributed by atoms with van der Waals surface area (Å²) in [5, 5.41) is 10.6. The van der Waals surface area contributed by atoms with Crippen LogP contribution in [0, 0.1) is 0 Å². The lowest BCUT2D eigenvalue weighted by Crippen LogP contribution is -1.98. The summed E-state index contributed by atoms with van der Waals surface area (Å²) < 4.78 is 11.4. The number of fused-ring (bicyclic) bond motifs is 1. The highest BCUT2D eigenvalue weighted by Gasteiger charge is 2.13. The van der Waals surface area contributed by atoms with Crippen LogP contribution in [-0.2, 0) is 0 Å². The fraction of sp³-hybridized carbons (Fsp3) is 0.158. The summed E-state index contributed by atoms with van der Waals surface area (Å²) in [4.78, 5) is 3.22. The predicted molar refractivity (Wildman–Crippen MR) is 104 cm³/mol. The molecular weight excluding hydrogens is 370 g/mol. The fourth-order valence-electron chi connectivity index (χ4n) is 2.56. The molecule has 1 N–H and O–H groups in total. The number of nitrogens with one attached hydrogen (secondary N) is 1. The molecule has 0 aliphatic carbocycles. The van der Waals surface area contributed by atoms with Gasteiger partial charge in [0.05, 0.1) is 12.2 Å². The van der Waals surface area contributed by atoms with Crippen molar-refractivity contribution in [1.82, 2.24) is 15.2 Å². The molecule has 0 radical (unpaired) electrons. The Morgan fingerprint density at radius 3 is 2.81 bits per heavy atom. The number of hydrogen-bond donors (Lipinski definition) is 1. The van der Waals surface area contributed by atoms with Crippen LogP contribution in [0.25, 0.3) is 22.4 Å². The van der Waals surface area contributed by atoms with Crippen LogP contribution < -0.4 is 4.74 Å². The van der Waals surface area contributed by atoms with Crippen molar-refractivity contribution in [3.05, 3.63) is 59.8 Å². The lowest BCUT2D eigenvalue weighted by atomic mass is 10.2. The molecule has 26 heavy (non-hydrogen) atoms. The molecule has 0 aliphatic rings. The van der Waals surface area contributed by atoms with Crippen LogP contribution in [0.3, 0.4) is 0 Å². The lowest BCUT2D eigenvalue weighted by Gasteiger charge is -2.04. The molecule has 5 nitrogen and oxygen atoms in total. The first-order valence-corrected chi connectivity index (χ1v) is 9.57. The van der Waals surface area contributed by atoms with E-state index in [9.17, 15) is 0 Å². The summed E-state index contributed by atoms with van der Waals surface area (Å²) in [6, 6.07) is 15.4. The molecule has 2 heterocycles. The first-order valence-electron chi connectivity index (χ1n) is 8.21. The quantitative estimate of drug-likeness (QED) is 0.339. The standard InChI is InChI=1S/C19H16ClN3O2S/c20-13-6-8-14(9-7-13)24-10-3-11-26-19-23-22-18(25-19)16-12-21-17-5-2-1-4-15(16)17/h1-2,4-9,12,21H,3,10-11H2. The third kappa shape index (κ3) is 3.86. The van der Waals surface area contributed by atoms with Crippen LogP contribution in [-0.4, -0.2) is 27.5 Å². The average Bonchev–Trinajstić information content (AvgIpc) is 3.29. The Morgan fingerprint density at radius 1 is 1.08 bits per heavy atom. The molecule has 0 spiro atoms. The van der Waals surface area contributed by atoms with Crippen LogP contribution in [0.5, 0.6) is 5.75 Å². The Labute approximate surface area is 159 Å². The van der Waals surface area contributed by atoms with Crippen molar-refractivity contribution in [3.63, 3.8) is 0 Å². The summed E-state index contributed by atoms with van der Waals surface area (Å²) in [5.74, 6) is 2.18. The number of rotatable bonds is 7. The Hall–Kier alpha value is -2.44. The lowest BCUT2D eigenvalue weighted by molar-refractivity contribution is 0.318. The number of nitrogens with zero attached hydrogens (tertiary/aromatic N) is 2. The second kappa shape index (κ2) is 7.85. The van der Waals surface area contributed by atoms with E-state index < -0.39 is 0 Å². The van der Waals surface area contributed by atoms with E-state index in [1.165, 1.54) is 11.8 Å². The number of aromatic nitrogens is 3. The maximum atomic E-state index is 5.85. The van der Waals surface area contributed by atoms with Crippen LogP contribution in [0.15, 0.2) is 64.4 Å². The molecule has 7 heteroatoms. The molecule has 0 unspecified atom stereocenters. The second-order valence-electron chi connectivity index (χ2n) is 5.63. The van der Waals surface area contributed by atoms with E-state index in [0.717, 1.165) is 34.4 Å².